The van der Waals surface area contributed by atoms with Crippen molar-refractivity contribution in [3.8, 4) is 0 Å². The first kappa shape index (κ1) is 13.2. The molecule has 0 amide bonds. The van der Waals surface area contributed by atoms with Crippen LogP contribution >= 0.6 is 0 Å². The predicted molar refractivity (Wildman–Crippen MR) is 67.3 cm³/mol. The maximum Gasteiger partial charge on any atom is 0.109 e. The Morgan fingerprint density at radius 2 is 1.75 bits per heavy atom. The number of unbranched alkanes of at least 4 members (excludes halogenated alkanes) is 1. The summed E-state index contributed by atoms with van der Waals surface area (Å²) < 4.78 is 13.6. The number of rotatable bonds is 6. The van der Waals surface area contributed by atoms with Gasteiger partial charge in [0, 0.05) is 6.42 Å². The Kier molecular flexibility index (Phi) is 4.94. The number of aryl methyl sites for hydroxylation is 1. The molecule has 1 aromatic carbocycles. The third-order valence-corrected chi connectivity index (χ3v) is 2.63. The van der Waals surface area contributed by atoms with Crippen LogP contribution in [-0.2, 0) is 12.8 Å². The lowest BCUT2D eigenvalue weighted by Crippen LogP contribution is -2.16. The Bertz CT molecular complexity index is 315. The molecule has 0 aliphatic carbocycles. The number of hydrogen-bond donors (Lipinski definition) is 1. The third kappa shape index (κ3) is 4.75. The molecule has 1 nitrogen and oxygen atoms in total. The highest BCUT2D eigenvalue weighted by atomic mass is 19.1. The molecule has 0 unspecified atom stereocenters. The fourth-order valence-electron chi connectivity index (χ4n) is 1.89. The normalized spacial score (nSPS) is 11.8. The summed E-state index contributed by atoms with van der Waals surface area (Å²) in [6.45, 7) is 3.99. The Hall–Kier alpha value is -0.890. The van der Waals surface area contributed by atoms with Crippen LogP contribution in [0.2, 0.25) is 0 Å². The molecule has 0 aliphatic heterocycles. The van der Waals surface area contributed by atoms with Crippen LogP contribution in [-0.4, -0.2) is 12.2 Å². The minimum atomic E-state index is -1.13. The summed E-state index contributed by atoms with van der Waals surface area (Å²) >= 11 is 0. The SMILES string of the molecule is CC(C)(F)Cc1ccccc1CCCCN. The molecular formula is C14H22FN. The van der Waals surface area contributed by atoms with Crippen molar-refractivity contribution in [2.75, 3.05) is 6.54 Å². The summed E-state index contributed by atoms with van der Waals surface area (Å²) in [5.41, 5.74) is 6.73. The molecule has 0 heterocycles. The predicted octanol–water partition coefficient (Wildman–Crippen LogP) is 3.26. The van der Waals surface area contributed by atoms with Crippen molar-refractivity contribution in [2.24, 2.45) is 5.73 Å². The summed E-state index contributed by atoms with van der Waals surface area (Å²) in [6.07, 6.45) is 3.61. The summed E-state index contributed by atoms with van der Waals surface area (Å²) in [4.78, 5) is 0. The van der Waals surface area contributed by atoms with Gasteiger partial charge in [0.2, 0.25) is 0 Å². The molecular weight excluding hydrogens is 201 g/mol. The first-order valence-electron chi connectivity index (χ1n) is 5.99. The number of benzene rings is 1. The molecule has 1 rings (SSSR count). The van der Waals surface area contributed by atoms with Crippen molar-refractivity contribution in [1.82, 2.24) is 0 Å². The Balaban J connectivity index is 2.68. The van der Waals surface area contributed by atoms with E-state index >= 15 is 0 Å². The first-order chi connectivity index (χ1) is 7.53. The molecule has 1 aromatic rings. The van der Waals surface area contributed by atoms with Gasteiger partial charge in [-0.1, -0.05) is 24.3 Å². The van der Waals surface area contributed by atoms with Crippen molar-refractivity contribution >= 4 is 0 Å². The monoisotopic (exact) mass is 223 g/mol. The van der Waals surface area contributed by atoms with Crippen molar-refractivity contribution in [3.63, 3.8) is 0 Å². The minimum absolute atomic E-state index is 0.492. The van der Waals surface area contributed by atoms with Crippen LogP contribution in [0.5, 0.6) is 0 Å². The highest BCUT2D eigenvalue weighted by Crippen LogP contribution is 2.20. The van der Waals surface area contributed by atoms with Gasteiger partial charge in [0.25, 0.3) is 0 Å². The van der Waals surface area contributed by atoms with E-state index in [1.54, 1.807) is 13.8 Å². The third-order valence-electron chi connectivity index (χ3n) is 2.63. The quantitative estimate of drug-likeness (QED) is 0.736. The summed E-state index contributed by atoms with van der Waals surface area (Å²) in [7, 11) is 0. The van der Waals surface area contributed by atoms with Gasteiger partial charge in [-0.05, 0) is 50.8 Å². The second-order valence-electron chi connectivity index (χ2n) is 4.91. The number of alkyl halides is 1. The highest BCUT2D eigenvalue weighted by Gasteiger charge is 2.17. The number of hydrogen-bond acceptors (Lipinski definition) is 1. The van der Waals surface area contributed by atoms with E-state index in [4.69, 9.17) is 5.73 Å². The summed E-state index contributed by atoms with van der Waals surface area (Å²) in [5, 5.41) is 0. The van der Waals surface area contributed by atoms with Gasteiger partial charge >= 0.3 is 0 Å². The van der Waals surface area contributed by atoms with E-state index in [-0.39, 0.29) is 0 Å². The molecule has 0 spiro atoms. The van der Waals surface area contributed by atoms with Gasteiger partial charge < -0.3 is 5.73 Å². The molecule has 0 aliphatic rings. The molecule has 0 saturated heterocycles. The lowest BCUT2D eigenvalue weighted by molar-refractivity contribution is 0.216. The van der Waals surface area contributed by atoms with Crippen LogP contribution in [0.4, 0.5) is 4.39 Å². The standard InChI is InChI=1S/C14H22FN/c1-14(2,15)11-13-9-4-3-7-12(13)8-5-6-10-16/h3-4,7,9H,5-6,8,10-11,16H2,1-2H3. The molecule has 2 heteroatoms. The van der Waals surface area contributed by atoms with E-state index in [9.17, 15) is 4.39 Å². The average molecular weight is 223 g/mol. The van der Waals surface area contributed by atoms with Crippen LogP contribution < -0.4 is 5.73 Å². The highest BCUT2D eigenvalue weighted by molar-refractivity contribution is 5.28. The molecule has 0 bridgehead atoms. The average Bonchev–Trinajstić information content (AvgIpc) is 2.19. The molecule has 90 valence electrons. The van der Waals surface area contributed by atoms with E-state index in [0.29, 0.717) is 6.42 Å². The van der Waals surface area contributed by atoms with Crippen LogP contribution in [0, 0.1) is 0 Å². The largest absolute Gasteiger partial charge is 0.330 e. The summed E-state index contributed by atoms with van der Waals surface area (Å²) in [5.74, 6) is 0. The van der Waals surface area contributed by atoms with Crippen LogP contribution in [0.1, 0.15) is 37.8 Å². The smallest absolute Gasteiger partial charge is 0.109 e. The van der Waals surface area contributed by atoms with Gasteiger partial charge in [0.15, 0.2) is 0 Å². The fourth-order valence-corrected chi connectivity index (χ4v) is 1.89. The molecule has 0 aromatic heterocycles. The first-order valence-corrected chi connectivity index (χ1v) is 5.99. The maximum absolute atomic E-state index is 13.6. The van der Waals surface area contributed by atoms with Crippen molar-refractivity contribution in [1.29, 1.82) is 0 Å². The Labute approximate surface area is 97.9 Å². The topological polar surface area (TPSA) is 26.0 Å². The van der Waals surface area contributed by atoms with E-state index < -0.39 is 5.67 Å². The van der Waals surface area contributed by atoms with E-state index in [0.717, 1.165) is 31.4 Å². The molecule has 0 saturated carbocycles. The van der Waals surface area contributed by atoms with Gasteiger partial charge in [-0.25, -0.2) is 4.39 Å². The Morgan fingerprint density at radius 1 is 1.12 bits per heavy atom. The molecule has 2 N–H and O–H groups in total. The van der Waals surface area contributed by atoms with Crippen molar-refractivity contribution < 1.29 is 4.39 Å². The number of nitrogens with two attached hydrogens (primary N) is 1. The molecule has 0 radical (unpaired) electrons. The second kappa shape index (κ2) is 6.00. The lowest BCUT2D eigenvalue weighted by Gasteiger charge is -2.17. The Morgan fingerprint density at radius 3 is 2.31 bits per heavy atom. The van der Waals surface area contributed by atoms with Gasteiger partial charge in [0.05, 0.1) is 0 Å². The van der Waals surface area contributed by atoms with Crippen molar-refractivity contribution in [3.05, 3.63) is 35.4 Å². The van der Waals surface area contributed by atoms with Gasteiger partial charge in [0.1, 0.15) is 5.67 Å². The molecule has 0 fully saturated rings. The van der Waals surface area contributed by atoms with Crippen LogP contribution in [0.15, 0.2) is 24.3 Å². The van der Waals surface area contributed by atoms with E-state index in [1.807, 2.05) is 18.2 Å². The van der Waals surface area contributed by atoms with Crippen LogP contribution in [0.3, 0.4) is 0 Å². The van der Waals surface area contributed by atoms with Gasteiger partial charge in [-0.2, -0.15) is 0 Å². The maximum atomic E-state index is 13.6. The lowest BCUT2D eigenvalue weighted by atomic mass is 9.93. The second-order valence-corrected chi connectivity index (χ2v) is 4.91. The van der Waals surface area contributed by atoms with E-state index in [2.05, 4.69) is 6.07 Å². The van der Waals surface area contributed by atoms with Gasteiger partial charge in [-0.3, -0.25) is 0 Å². The summed E-state index contributed by atoms with van der Waals surface area (Å²) in [6, 6.07) is 8.12. The molecule has 0 atom stereocenters. The zero-order valence-electron chi connectivity index (χ0n) is 10.3. The van der Waals surface area contributed by atoms with Gasteiger partial charge in [-0.15, -0.1) is 0 Å². The van der Waals surface area contributed by atoms with Crippen LogP contribution in [0.25, 0.3) is 0 Å². The fraction of sp³-hybridized carbons (Fsp3) is 0.571. The van der Waals surface area contributed by atoms with Crippen molar-refractivity contribution in [2.45, 2.75) is 45.2 Å². The number of halogens is 1. The molecule has 16 heavy (non-hydrogen) atoms. The van der Waals surface area contributed by atoms with E-state index in [1.165, 1.54) is 5.56 Å². The zero-order chi connectivity index (χ0) is 12.0. The zero-order valence-corrected chi connectivity index (χ0v) is 10.3. The minimum Gasteiger partial charge on any atom is -0.330 e.